The van der Waals surface area contributed by atoms with Gasteiger partial charge in [0.25, 0.3) is 0 Å². The van der Waals surface area contributed by atoms with Crippen LogP contribution in [-0.4, -0.2) is 26.1 Å². The van der Waals surface area contributed by atoms with E-state index >= 15 is 0 Å². The first-order chi connectivity index (χ1) is 11.1. The molecule has 3 nitrogen and oxygen atoms in total. The highest BCUT2D eigenvalue weighted by Gasteiger charge is 2.16. The Labute approximate surface area is 140 Å². The molecule has 0 amide bonds. The van der Waals surface area contributed by atoms with Gasteiger partial charge in [-0.05, 0) is 23.6 Å². The number of allylic oxidation sites excluding steroid dienone is 4. The first kappa shape index (κ1) is 18.9. The van der Waals surface area contributed by atoms with E-state index in [9.17, 15) is 0 Å². The third-order valence-electron chi connectivity index (χ3n) is 3.43. The molecular formula is C20H29N2O+. The molecule has 0 atom stereocenters. The molecule has 0 saturated heterocycles. The fraction of sp³-hybridized carbons (Fsp3) is 0.300. The topological polar surface area (TPSA) is 29.1 Å². The van der Waals surface area contributed by atoms with Gasteiger partial charge in [-0.15, -0.1) is 0 Å². The van der Waals surface area contributed by atoms with Crippen molar-refractivity contribution in [1.29, 1.82) is 0 Å². The molecule has 0 radical (unpaired) electrons. The van der Waals surface area contributed by atoms with E-state index in [0.29, 0.717) is 0 Å². The van der Waals surface area contributed by atoms with Crippen LogP contribution in [0.25, 0.3) is 5.57 Å². The smallest absolute Gasteiger partial charge is 0.158 e. The van der Waals surface area contributed by atoms with Crippen LogP contribution >= 0.6 is 0 Å². The monoisotopic (exact) mass is 313 g/mol. The molecule has 23 heavy (non-hydrogen) atoms. The number of hydroxylamine groups is 1. The number of quaternary nitrogens is 1. The Bertz CT molecular complexity index is 595. The second-order valence-electron chi connectivity index (χ2n) is 5.18. The molecule has 2 N–H and O–H groups in total. The highest BCUT2D eigenvalue weighted by molar-refractivity contribution is 5.82. The van der Waals surface area contributed by atoms with Crippen LogP contribution in [0.5, 0.6) is 0 Å². The lowest BCUT2D eigenvalue weighted by Crippen LogP contribution is -2.79. The number of hydrogen-bond donors (Lipinski definition) is 1. The third-order valence-corrected chi connectivity index (χ3v) is 3.43. The molecule has 2 rings (SSSR count). The number of nitrogens with two attached hydrogens (primary N) is 1. The van der Waals surface area contributed by atoms with Gasteiger partial charge in [0.2, 0.25) is 0 Å². The molecule has 0 unspecified atom stereocenters. The quantitative estimate of drug-likeness (QED) is 0.843. The van der Waals surface area contributed by atoms with Crippen molar-refractivity contribution >= 4 is 5.57 Å². The van der Waals surface area contributed by atoms with Gasteiger partial charge in [0.05, 0.1) is 7.11 Å². The average Bonchev–Trinajstić information content (AvgIpc) is 2.80. The highest BCUT2D eigenvalue weighted by Crippen LogP contribution is 2.30. The Kier molecular flexibility index (Phi) is 8.09. The van der Waals surface area contributed by atoms with Crippen molar-refractivity contribution < 1.29 is 10.3 Å². The molecule has 0 spiro atoms. The van der Waals surface area contributed by atoms with Gasteiger partial charge >= 0.3 is 0 Å². The van der Waals surface area contributed by atoms with Crippen molar-refractivity contribution in [2.24, 2.45) is 0 Å². The van der Waals surface area contributed by atoms with Crippen LogP contribution in [0.15, 0.2) is 72.1 Å². The molecule has 124 valence electrons. The van der Waals surface area contributed by atoms with Crippen molar-refractivity contribution in [2.75, 3.05) is 21.2 Å². The average molecular weight is 313 g/mol. The zero-order valence-electron chi connectivity index (χ0n) is 15.0. The zero-order valence-corrected chi connectivity index (χ0v) is 15.0. The Morgan fingerprint density at radius 2 is 1.78 bits per heavy atom. The number of rotatable bonds is 5. The molecule has 3 heteroatoms. The van der Waals surface area contributed by atoms with Crippen molar-refractivity contribution in [3.8, 4) is 0 Å². The molecule has 0 bridgehead atoms. The molecule has 0 heterocycles. The third kappa shape index (κ3) is 5.23. The van der Waals surface area contributed by atoms with E-state index in [1.54, 1.807) is 12.6 Å². The van der Waals surface area contributed by atoms with Crippen LogP contribution in [0.1, 0.15) is 25.8 Å². The molecule has 1 aromatic rings. The molecule has 0 saturated carbocycles. The van der Waals surface area contributed by atoms with Crippen molar-refractivity contribution in [2.45, 2.75) is 20.3 Å². The van der Waals surface area contributed by atoms with Crippen LogP contribution in [-0.2, 0) is 4.84 Å². The standard InChI is InChI=1S/C18H22N2O.C2H6/c1-14(15-9-6-5-7-10-15)17-13-16(19-21-4)11-8-12-18(17)20(2)3;1-2/h5-7,9-13,19H,1,8H2,2-4H3;1-2H3/p+1. The van der Waals surface area contributed by atoms with Gasteiger partial charge in [-0.1, -0.05) is 56.8 Å². The van der Waals surface area contributed by atoms with Gasteiger partial charge in [0.15, 0.2) is 5.70 Å². The van der Waals surface area contributed by atoms with Crippen LogP contribution in [0.4, 0.5) is 0 Å². The summed E-state index contributed by atoms with van der Waals surface area (Å²) in [5, 5.41) is 0. The Hall–Kier alpha value is -2.10. The van der Waals surface area contributed by atoms with E-state index in [4.69, 9.17) is 4.84 Å². The van der Waals surface area contributed by atoms with Crippen molar-refractivity contribution in [3.05, 3.63) is 77.7 Å². The van der Waals surface area contributed by atoms with Crippen molar-refractivity contribution in [1.82, 2.24) is 4.90 Å². The first-order valence-corrected chi connectivity index (χ1v) is 8.04. The first-order valence-electron chi connectivity index (χ1n) is 8.04. The minimum Gasteiger partial charge on any atom is -0.377 e. The molecule has 0 aromatic heterocycles. The molecule has 1 aromatic carbocycles. The molecule has 1 aliphatic rings. The maximum absolute atomic E-state index is 5.16. The van der Waals surface area contributed by atoms with Gasteiger partial charge in [-0.2, -0.15) is 5.48 Å². The summed E-state index contributed by atoms with van der Waals surface area (Å²) in [6.45, 7) is 8.30. The predicted molar refractivity (Wildman–Crippen MR) is 98.3 cm³/mol. The summed E-state index contributed by atoms with van der Waals surface area (Å²) in [6, 6.07) is 10.3. The highest BCUT2D eigenvalue weighted by atomic mass is 16.6. The van der Waals surface area contributed by atoms with E-state index in [0.717, 1.165) is 28.8 Å². The summed E-state index contributed by atoms with van der Waals surface area (Å²) in [4.78, 5) is 7.29. The fourth-order valence-electron chi connectivity index (χ4n) is 2.39. The van der Waals surface area contributed by atoms with Gasteiger partial charge in [0, 0.05) is 31.4 Å². The van der Waals surface area contributed by atoms with Gasteiger partial charge in [-0.25, -0.2) is 4.84 Å². The molecule has 1 aliphatic carbocycles. The summed E-state index contributed by atoms with van der Waals surface area (Å²) in [5.41, 5.74) is 7.30. The van der Waals surface area contributed by atoms with E-state index < -0.39 is 0 Å². The lowest BCUT2D eigenvalue weighted by atomic mass is 9.96. The second kappa shape index (κ2) is 9.82. The predicted octanol–water partition coefficient (Wildman–Crippen LogP) is 3.51. The SMILES string of the molecule is C=C(C1=CC([NH2+]OC)=CCC=C1N(C)C)c1ccccc1.CC. The van der Waals surface area contributed by atoms with Crippen LogP contribution < -0.4 is 5.48 Å². The van der Waals surface area contributed by atoms with E-state index in [-0.39, 0.29) is 0 Å². The second-order valence-corrected chi connectivity index (χ2v) is 5.18. The summed E-state index contributed by atoms with van der Waals surface area (Å²) < 4.78 is 0. The number of hydrogen-bond acceptors (Lipinski definition) is 2. The minimum atomic E-state index is 0.880. The lowest BCUT2D eigenvalue weighted by Gasteiger charge is -2.21. The Balaban J connectivity index is 0.00000127. The summed E-state index contributed by atoms with van der Waals surface area (Å²) in [5.74, 6) is 0. The fourth-order valence-corrected chi connectivity index (χ4v) is 2.39. The van der Waals surface area contributed by atoms with Crippen LogP contribution in [0.2, 0.25) is 0 Å². The van der Waals surface area contributed by atoms with E-state index in [1.165, 1.54) is 5.70 Å². The molecule has 0 fully saturated rings. The maximum atomic E-state index is 5.16. The van der Waals surface area contributed by atoms with Crippen LogP contribution in [0.3, 0.4) is 0 Å². The van der Waals surface area contributed by atoms with Gasteiger partial charge < -0.3 is 4.90 Å². The molecule has 0 aliphatic heterocycles. The van der Waals surface area contributed by atoms with Crippen molar-refractivity contribution in [3.63, 3.8) is 0 Å². The largest absolute Gasteiger partial charge is 0.377 e. The normalized spacial score (nSPS) is 13.7. The van der Waals surface area contributed by atoms with Gasteiger partial charge in [-0.3, -0.25) is 0 Å². The van der Waals surface area contributed by atoms with Gasteiger partial charge in [0.1, 0.15) is 0 Å². The number of nitrogens with zero attached hydrogens (tertiary/aromatic N) is 1. The summed E-state index contributed by atoms with van der Waals surface area (Å²) in [7, 11) is 5.79. The van der Waals surface area contributed by atoms with E-state index in [1.807, 2.05) is 32.0 Å². The number of likely N-dealkylation sites (N-methyl/N-ethyl adjacent to an activating group) is 1. The van der Waals surface area contributed by atoms with Crippen LogP contribution in [0, 0.1) is 0 Å². The van der Waals surface area contributed by atoms with E-state index in [2.05, 4.69) is 55.9 Å². The number of benzene rings is 1. The minimum absolute atomic E-state index is 0.880. The zero-order chi connectivity index (χ0) is 17.2. The maximum Gasteiger partial charge on any atom is 0.158 e. The summed E-state index contributed by atoms with van der Waals surface area (Å²) in [6.07, 6.45) is 7.39. The lowest BCUT2D eigenvalue weighted by molar-refractivity contribution is -0.852. The Morgan fingerprint density at radius 3 is 2.35 bits per heavy atom. The Morgan fingerprint density at radius 1 is 1.13 bits per heavy atom. The molecular weight excluding hydrogens is 284 g/mol. The summed E-state index contributed by atoms with van der Waals surface area (Å²) >= 11 is 0.